The number of non-ortho nitro benzene ring substituents is 1. The second kappa shape index (κ2) is 9.98. The normalized spacial score (nSPS) is 11.6. The Hall–Kier alpha value is -2.74. The van der Waals surface area contributed by atoms with Crippen molar-refractivity contribution >= 4 is 23.4 Å². The van der Waals surface area contributed by atoms with Crippen molar-refractivity contribution in [3.05, 3.63) is 58.1 Å². The number of carbonyl (C=O) groups excluding carboxylic acids is 1. The van der Waals surface area contributed by atoms with Gasteiger partial charge in [-0.1, -0.05) is 6.07 Å². The van der Waals surface area contributed by atoms with Crippen molar-refractivity contribution in [2.24, 2.45) is 0 Å². The lowest BCUT2D eigenvalue weighted by molar-refractivity contribution is -0.384. The van der Waals surface area contributed by atoms with Gasteiger partial charge in [0.1, 0.15) is 0 Å². The standard InChI is InChI=1S/C20H24N2O5S/c1-5-27-18-11-6-15(12-19(18)26-4)13-21(3)20(23)14(2)28-17-9-7-16(8-10-17)22(24)25/h6-12,14H,5,13H2,1-4H3. The Morgan fingerprint density at radius 3 is 2.46 bits per heavy atom. The number of hydrogen-bond donors (Lipinski definition) is 0. The van der Waals surface area contributed by atoms with E-state index < -0.39 is 4.92 Å². The molecular formula is C20H24N2O5S. The van der Waals surface area contributed by atoms with Crippen molar-refractivity contribution in [1.29, 1.82) is 0 Å². The molecule has 0 aliphatic rings. The van der Waals surface area contributed by atoms with Gasteiger partial charge in [0, 0.05) is 30.6 Å². The summed E-state index contributed by atoms with van der Waals surface area (Å²) in [7, 11) is 3.33. The summed E-state index contributed by atoms with van der Waals surface area (Å²) in [6, 6.07) is 11.8. The zero-order valence-corrected chi connectivity index (χ0v) is 17.2. The highest BCUT2D eigenvalue weighted by atomic mass is 32.2. The second-order valence-corrected chi connectivity index (χ2v) is 7.54. The topological polar surface area (TPSA) is 81.9 Å². The summed E-state index contributed by atoms with van der Waals surface area (Å²) < 4.78 is 10.9. The number of rotatable bonds is 9. The number of thioether (sulfide) groups is 1. The van der Waals surface area contributed by atoms with Crippen molar-refractivity contribution in [3.63, 3.8) is 0 Å². The average molecular weight is 404 g/mol. The van der Waals surface area contributed by atoms with Crippen LogP contribution in [0, 0.1) is 10.1 Å². The first-order valence-electron chi connectivity index (χ1n) is 8.81. The Balaban J connectivity index is 2.00. The van der Waals surface area contributed by atoms with Crippen molar-refractivity contribution in [2.45, 2.75) is 30.5 Å². The van der Waals surface area contributed by atoms with Gasteiger partial charge in [0.2, 0.25) is 5.91 Å². The molecular weight excluding hydrogens is 380 g/mol. The minimum absolute atomic E-state index is 0.0313. The summed E-state index contributed by atoms with van der Waals surface area (Å²) in [5.74, 6) is 1.27. The molecule has 1 atom stereocenters. The monoisotopic (exact) mass is 404 g/mol. The molecule has 0 saturated heterocycles. The van der Waals surface area contributed by atoms with Crippen LogP contribution in [0.25, 0.3) is 0 Å². The fraction of sp³-hybridized carbons (Fsp3) is 0.350. The molecule has 2 rings (SSSR count). The van der Waals surface area contributed by atoms with Crippen LogP contribution in [0.2, 0.25) is 0 Å². The van der Waals surface area contributed by atoms with Gasteiger partial charge in [0.15, 0.2) is 11.5 Å². The summed E-state index contributed by atoms with van der Waals surface area (Å²) in [5, 5.41) is 10.4. The quantitative estimate of drug-likeness (QED) is 0.355. The van der Waals surface area contributed by atoms with E-state index in [0.717, 1.165) is 10.5 Å². The number of hydrogen-bond acceptors (Lipinski definition) is 6. The molecule has 2 aromatic carbocycles. The second-order valence-electron chi connectivity index (χ2n) is 6.12. The lowest BCUT2D eigenvalue weighted by Gasteiger charge is -2.22. The number of benzene rings is 2. The molecule has 0 aromatic heterocycles. The number of nitro benzene ring substituents is 1. The van der Waals surface area contributed by atoms with Crippen LogP contribution in [-0.4, -0.2) is 41.7 Å². The first kappa shape index (κ1) is 21.6. The molecule has 150 valence electrons. The van der Waals surface area contributed by atoms with Crippen LogP contribution in [0.1, 0.15) is 19.4 Å². The molecule has 2 aromatic rings. The first-order valence-corrected chi connectivity index (χ1v) is 9.69. The summed E-state index contributed by atoms with van der Waals surface area (Å²) >= 11 is 1.37. The third-order valence-electron chi connectivity index (χ3n) is 4.03. The highest BCUT2D eigenvalue weighted by Crippen LogP contribution is 2.29. The van der Waals surface area contributed by atoms with Crippen LogP contribution in [0.15, 0.2) is 47.4 Å². The highest BCUT2D eigenvalue weighted by Gasteiger charge is 2.20. The van der Waals surface area contributed by atoms with Gasteiger partial charge in [0.05, 0.1) is 23.9 Å². The van der Waals surface area contributed by atoms with Gasteiger partial charge in [-0.05, 0) is 43.7 Å². The minimum atomic E-state index is -0.443. The van der Waals surface area contributed by atoms with Crippen LogP contribution < -0.4 is 9.47 Å². The SMILES string of the molecule is CCOc1ccc(CN(C)C(=O)C(C)Sc2ccc([N+](=O)[O-])cc2)cc1OC. The first-order chi connectivity index (χ1) is 13.3. The molecule has 0 bridgehead atoms. The lowest BCUT2D eigenvalue weighted by atomic mass is 10.2. The van der Waals surface area contributed by atoms with E-state index in [0.29, 0.717) is 24.7 Å². The van der Waals surface area contributed by atoms with Crippen molar-refractivity contribution in [1.82, 2.24) is 4.90 Å². The third kappa shape index (κ3) is 5.63. The van der Waals surface area contributed by atoms with E-state index in [1.165, 1.54) is 23.9 Å². The molecule has 1 amide bonds. The van der Waals surface area contributed by atoms with Crippen LogP contribution in [-0.2, 0) is 11.3 Å². The highest BCUT2D eigenvalue weighted by molar-refractivity contribution is 8.00. The molecule has 0 fully saturated rings. The minimum Gasteiger partial charge on any atom is -0.493 e. The lowest BCUT2D eigenvalue weighted by Crippen LogP contribution is -2.32. The summed E-state index contributed by atoms with van der Waals surface area (Å²) in [5.41, 5.74) is 0.966. The van der Waals surface area contributed by atoms with Gasteiger partial charge in [-0.15, -0.1) is 11.8 Å². The number of nitrogens with zero attached hydrogens (tertiary/aromatic N) is 2. The fourth-order valence-corrected chi connectivity index (χ4v) is 3.63. The predicted octanol–water partition coefficient (Wildman–Crippen LogP) is 4.14. The summed E-state index contributed by atoms with van der Waals surface area (Å²) in [6.07, 6.45) is 0. The molecule has 7 nitrogen and oxygen atoms in total. The zero-order chi connectivity index (χ0) is 20.7. The van der Waals surface area contributed by atoms with E-state index >= 15 is 0 Å². The van der Waals surface area contributed by atoms with Gasteiger partial charge in [0.25, 0.3) is 5.69 Å². The fourth-order valence-electron chi connectivity index (χ4n) is 2.65. The zero-order valence-electron chi connectivity index (χ0n) is 16.4. The van der Waals surface area contributed by atoms with Crippen LogP contribution in [0.4, 0.5) is 5.69 Å². The van der Waals surface area contributed by atoms with Gasteiger partial charge >= 0.3 is 0 Å². The van der Waals surface area contributed by atoms with Gasteiger partial charge in [-0.25, -0.2) is 0 Å². The Labute approximate surface area is 168 Å². The molecule has 0 heterocycles. The van der Waals surface area contributed by atoms with Crippen molar-refractivity contribution < 1.29 is 19.2 Å². The van der Waals surface area contributed by atoms with Crippen molar-refractivity contribution in [3.8, 4) is 11.5 Å². The van der Waals surface area contributed by atoms with Crippen LogP contribution >= 0.6 is 11.8 Å². The van der Waals surface area contributed by atoms with E-state index in [2.05, 4.69) is 0 Å². The number of carbonyl (C=O) groups is 1. The maximum atomic E-state index is 12.7. The van der Waals surface area contributed by atoms with Crippen LogP contribution in [0.3, 0.4) is 0 Å². The molecule has 0 aliphatic heterocycles. The maximum absolute atomic E-state index is 12.7. The number of ether oxygens (including phenoxy) is 2. The van der Waals surface area contributed by atoms with Gasteiger partial charge < -0.3 is 14.4 Å². The Kier molecular flexibility index (Phi) is 7.69. The largest absolute Gasteiger partial charge is 0.493 e. The molecule has 0 saturated carbocycles. The molecule has 8 heteroatoms. The van der Waals surface area contributed by atoms with E-state index in [9.17, 15) is 14.9 Å². The maximum Gasteiger partial charge on any atom is 0.269 e. The van der Waals surface area contributed by atoms with E-state index in [1.807, 2.05) is 32.0 Å². The smallest absolute Gasteiger partial charge is 0.269 e. The summed E-state index contributed by atoms with van der Waals surface area (Å²) in [4.78, 5) is 25.4. The molecule has 0 spiro atoms. The van der Waals surface area contributed by atoms with Crippen molar-refractivity contribution in [2.75, 3.05) is 20.8 Å². The van der Waals surface area contributed by atoms with E-state index in [-0.39, 0.29) is 16.8 Å². The number of nitro groups is 1. The van der Waals surface area contributed by atoms with E-state index in [1.54, 1.807) is 31.2 Å². The average Bonchev–Trinajstić information content (AvgIpc) is 2.68. The third-order valence-corrected chi connectivity index (χ3v) is 5.13. The Morgan fingerprint density at radius 1 is 1.21 bits per heavy atom. The molecule has 28 heavy (non-hydrogen) atoms. The predicted molar refractivity (Wildman–Crippen MR) is 109 cm³/mol. The number of amides is 1. The van der Waals surface area contributed by atoms with E-state index in [4.69, 9.17) is 9.47 Å². The number of methoxy groups -OCH3 is 1. The molecule has 0 radical (unpaired) electrons. The molecule has 1 unspecified atom stereocenters. The Morgan fingerprint density at radius 2 is 1.89 bits per heavy atom. The molecule has 0 aliphatic carbocycles. The van der Waals surface area contributed by atoms with Gasteiger partial charge in [-0.3, -0.25) is 14.9 Å². The van der Waals surface area contributed by atoms with Gasteiger partial charge in [-0.2, -0.15) is 0 Å². The summed E-state index contributed by atoms with van der Waals surface area (Å²) in [6.45, 7) is 4.71. The Bertz CT molecular complexity index is 826. The van der Waals surface area contributed by atoms with Crippen LogP contribution in [0.5, 0.6) is 11.5 Å². The molecule has 0 N–H and O–H groups in total.